The first-order valence-electron chi connectivity index (χ1n) is 9.53. The topological polar surface area (TPSA) is 76.1 Å². The van der Waals surface area contributed by atoms with E-state index < -0.39 is 0 Å². The van der Waals surface area contributed by atoms with Crippen LogP contribution in [0.4, 0.5) is 11.6 Å². The summed E-state index contributed by atoms with van der Waals surface area (Å²) >= 11 is 0. The Kier molecular flexibility index (Phi) is 5.24. The van der Waals surface area contributed by atoms with Crippen LogP contribution in [0.15, 0.2) is 24.9 Å². The van der Waals surface area contributed by atoms with Crippen LogP contribution in [0.5, 0.6) is 0 Å². The SMILES string of the molecule is CCCc1cncnc1NC1CC(c2cc(N3CCOCC3)ncn2)C1. The van der Waals surface area contributed by atoms with Crippen molar-refractivity contribution in [3.05, 3.63) is 36.2 Å². The van der Waals surface area contributed by atoms with Crippen molar-refractivity contribution in [1.29, 1.82) is 0 Å². The highest BCUT2D eigenvalue weighted by atomic mass is 16.5. The van der Waals surface area contributed by atoms with Crippen LogP contribution in [-0.2, 0) is 11.2 Å². The molecule has 1 N–H and O–H groups in total. The molecule has 26 heavy (non-hydrogen) atoms. The Morgan fingerprint density at radius 3 is 2.81 bits per heavy atom. The minimum absolute atomic E-state index is 0.451. The molecule has 2 aromatic rings. The molecular weight excluding hydrogens is 328 g/mol. The first-order chi connectivity index (χ1) is 12.8. The van der Waals surface area contributed by atoms with Gasteiger partial charge in [-0.3, -0.25) is 0 Å². The molecule has 0 amide bonds. The van der Waals surface area contributed by atoms with E-state index in [1.807, 2.05) is 6.20 Å². The Hall–Kier alpha value is -2.28. The molecule has 0 spiro atoms. The van der Waals surface area contributed by atoms with Crippen molar-refractivity contribution in [2.75, 3.05) is 36.5 Å². The Labute approximate surface area is 154 Å². The monoisotopic (exact) mass is 354 g/mol. The third-order valence-electron chi connectivity index (χ3n) is 5.21. The molecule has 2 fully saturated rings. The van der Waals surface area contributed by atoms with Crippen LogP contribution < -0.4 is 10.2 Å². The van der Waals surface area contributed by atoms with E-state index in [9.17, 15) is 0 Å². The van der Waals surface area contributed by atoms with Crippen molar-refractivity contribution >= 4 is 11.6 Å². The van der Waals surface area contributed by atoms with Crippen LogP contribution in [0.1, 0.15) is 43.4 Å². The van der Waals surface area contributed by atoms with Gasteiger partial charge in [0, 0.05) is 48.6 Å². The molecule has 0 bridgehead atoms. The normalized spacial score (nSPS) is 22.7. The van der Waals surface area contributed by atoms with Crippen LogP contribution in [0.3, 0.4) is 0 Å². The van der Waals surface area contributed by atoms with Gasteiger partial charge in [-0.15, -0.1) is 0 Å². The highest BCUT2D eigenvalue weighted by Gasteiger charge is 2.32. The summed E-state index contributed by atoms with van der Waals surface area (Å²) in [4.78, 5) is 19.8. The van der Waals surface area contributed by atoms with E-state index in [1.54, 1.807) is 12.7 Å². The number of nitrogens with zero attached hydrogens (tertiary/aromatic N) is 5. The minimum atomic E-state index is 0.451. The fourth-order valence-electron chi connectivity index (χ4n) is 3.66. The lowest BCUT2D eigenvalue weighted by Crippen LogP contribution is -2.37. The molecule has 1 saturated heterocycles. The maximum atomic E-state index is 5.43. The van der Waals surface area contributed by atoms with Crippen LogP contribution in [0.2, 0.25) is 0 Å². The summed E-state index contributed by atoms with van der Waals surface area (Å²) in [6.45, 7) is 5.53. The third-order valence-corrected chi connectivity index (χ3v) is 5.21. The highest BCUT2D eigenvalue weighted by Crippen LogP contribution is 2.38. The second kappa shape index (κ2) is 7.95. The first kappa shape index (κ1) is 17.1. The standard InChI is InChI=1S/C19H26N6O/c1-2-3-14-11-20-12-23-19(14)24-16-8-15(9-16)17-10-18(22-13-21-17)25-4-6-26-7-5-25/h10-13,15-16H,2-9H2,1H3,(H,20,23,24). The van der Waals surface area contributed by atoms with Crippen LogP contribution >= 0.6 is 0 Å². The summed E-state index contributed by atoms with van der Waals surface area (Å²) in [5, 5.41) is 3.59. The van der Waals surface area contributed by atoms with Gasteiger partial charge in [0.15, 0.2) is 0 Å². The predicted octanol–water partition coefficient (Wildman–Crippen LogP) is 2.41. The molecule has 0 unspecified atom stereocenters. The number of ether oxygens (including phenoxy) is 1. The molecule has 4 rings (SSSR count). The predicted molar refractivity (Wildman–Crippen MR) is 100 cm³/mol. The van der Waals surface area contributed by atoms with Gasteiger partial charge in [-0.2, -0.15) is 0 Å². The van der Waals surface area contributed by atoms with Gasteiger partial charge < -0.3 is 15.0 Å². The number of aromatic nitrogens is 4. The van der Waals surface area contributed by atoms with Gasteiger partial charge in [0.1, 0.15) is 24.3 Å². The van der Waals surface area contributed by atoms with E-state index in [1.165, 1.54) is 5.56 Å². The van der Waals surface area contributed by atoms with E-state index in [0.717, 1.165) is 69.3 Å². The summed E-state index contributed by atoms with van der Waals surface area (Å²) in [6.07, 6.45) is 9.51. The Morgan fingerprint density at radius 1 is 1.15 bits per heavy atom. The van der Waals surface area contributed by atoms with Gasteiger partial charge in [-0.25, -0.2) is 19.9 Å². The van der Waals surface area contributed by atoms with Crippen LogP contribution in [0.25, 0.3) is 0 Å². The summed E-state index contributed by atoms with van der Waals surface area (Å²) in [7, 11) is 0. The maximum Gasteiger partial charge on any atom is 0.132 e. The van der Waals surface area contributed by atoms with Gasteiger partial charge in [0.2, 0.25) is 0 Å². The number of hydrogen-bond donors (Lipinski definition) is 1. The van der Waals surface area contributed by atoms with E-state index in [0.29, 0.717) is 12.0 Å². The van der Waals surface area contributed by atoms with Gasteiger partial charge in [0.05, 0.1) is 13.2 Å². The molecule has 1 saturated carbocycles. The Morgan fingerprint density at radius 2 is 2.00 bits per heavy atom. The summed E-state index contributed by atoms with van der Waals surface area (Å²) in [5.41, 5.74) is 2.35. The number of nitrogens with one attached hydrogen (secondary N) is 1. The summed E-state index contributed by atoms with van der Waals surface area (Å²) in [5.74, 6) is 2.50. The van der Waals surface area contributed by atoms with Gasteiger partial charge >= 0.3 is 0 Å². The van der Waals surface area contributed by atoms with E-state index in [-0.39, 0.29) is 0 Å². The zero-order valence-corrected chi connectivity index (χ0v) is 15.3. The number of morpholine rings is 1. The van der Waals surface area contributed by atoms with E-state index >= 15 is 0 Å². The number of anilines is 2. The zero-order chi connectivity index (χ0) is 17.8. The van der Waals surface area contributed by atoms with Crippen LogP contribution in [-0.4, -0.2) is 52.3 Å². The second-order valence-electron chi connectivity index (χ2n) is 7.06. The van der Waals surface area contributed by atoms with Crippen molar-refractivity contribution < 1.29 is 4.74 Å². The smallest absolute Gasteiger partial charge is 0.132 e. The number of aryl methyl sites for hydroxylation is 1. The molecule has 2 aromatic heterocycles. The minimum Gasteiger partial charge on any atom is -0.378 e. The molecule has 3 heterocycles. The van der Waals surface area contributed by atoms with Crippen molar-refractivity contribution in [3.8, 4) is 0 Å². The number of rotatable bonds is 6. The summed E-state index contributed by atoms with van der Waals surface area (Å²) < 4.78 is 5.43. The first-order valence-corrected chi connectivity index (χ1v) is 9.53. The van der Waals surface area contributed by atoms with Crippen molar-refractivity contribution in [2.45, 2.75) is 44.6 Å². The van der Waals surface area contributed by atoms with E-state index in [2.05, 4.69) is 43.1 Å². The molecule has 0 radical (unpaired) electrons. The lowest BCUT2D eigenvalue weighted by Gasteiger charge is -2.36. The molecule has 7 nitrogen and oxygen atoms in total. The largest absolute Gasteiger partial charge is 0.378 e. The maximum absolute atomic E-state index is 5.43. The molecule has 0 atom stereocenters. The Bertz CT molecular complexity index is 727. The lowest BCUT2D eigenvalue weighted by molar-refractivity contribution is 0.122. The van der Waals surface area contributed by atoms with Crippen LogP contribution in [0, 0.1) is 0 Å². The highest BCUT2D eigenvalue weighted by molar-refractivity contribution is 5.45. The third kappa shape index (κ3) is 3.77. The van der Waals surface area contributed by atoms with E-state index in [4.69, 9.17) is 4.74 Å². The fraction of sp³-hybridized carbons (Fsp3) is 0.579. The second-order valence-corrected chi connectivity index (χ2v) is 7.06. The Balaban J connectivity index is 1.36. The number of hydrogen-bond acceptors (Lipinski definition) is 7. The fourth-order valence-corrected chi connectivity index (χ4v) is 3.66. The van der Waals surface area contributed by atoms with Crippen molar-refractivity contribution in [2.24, 2.45) is 0 Å². The molecule has 2 aliphatic rings. The quantitative estimate of drug-likeness (QED) is 0.853. The molecule has 138 valence electrons. The molecule has 1 aliphatic heterocycles. The van der Waals surface area contributed by atoms with Crippen molar-refractivity contribution in [1.82, 2.24) is 19.9 Å². The van der Waals surface area contributed by atoms with Crippen molar-refractivity contribution in [3.63, 3.8) is 0 Å². The molecule has 1 aliphatic carbocycles. The molecular formula is C19H26N6O. The average Bonchev–Trinajstić information content (AvgIpc) is 2.66. The average molecular weight is 354 g/mol. The van der Waals surface area contributed by atoms with Gasteiger partial charge in [0.25, 0.3) is 0 Å². The van der Waals surface area contributed by atoms with Gasteiger partial charge in [-0.1, -0.05) is 13.3 Å². The lowest BCUT2D eigenvalue weighted by atomic mass is 9.78. The molecule has 7 heteroatoms. The zero-order valence-electron chi connectivity index (χ0n) is 15.3. The molecule has 0 aromatic carbocycles. The van der Waals surface area contributed by atoms with Gasteiger partial charge in [-0.05, 0) is 19.3 Å². The summed E-state index contributed by atoms with van der Waals surface area (Å²) in [6, 6.07) is 2.60.